The zero-order valence-corrected chi connectivity index (χ0v) is 11.9. The van der Waals surface area contributed by atoms with Crippen LogP contribution < -0.4 is 5.32 Å². The third-order valence-corrected chi connectivity index (χ3v) is 3.69. The summed E-state index contributed by atoms with van der Waals surface area (Å²) >= 11 is 0. The molecular weight excluding hydrogens is 242 g/mol. The van der Waals surface area contributed by atoms with Gasteiger partial charge in [0, 0.05) is 31.8 Å². The molecular formula is C14H23N3O2. The van der Waals surface area contributed by atoms with Crippen molar-refractivity contribution in [2.24, 2.45) is 11.8 Å². The number of nitrogens with one attached hydrogen (secondary N) is 1. The van der Waals surface area contributed by atoms with E-state index in [0.717, 1.165) is 13.0 Å². The summed E-state index contributed by atoms with van der Waals surface area (Å²) in [4.78, 5) is 12.1. The van der Waals surface area contributed by atoms with Crippen LogP contribution in [0.3, 0.4) is 0 Å². The standard InChI is InChI=1S/C14H23N3O2/c1-4-17-12(5-7-16-17)14(18)15-9-11-6-8-19-13(11)10(2)3/h5,7,10-11,13H,4,6,8-9H2,1-3H3,(H,15,18)/t11-,13-/m1/s1. The van der Waals surface area contributed by atoms with Gasteiger partial charge in [0.05, 0.1) is 6.10 Å². The molecule has 0 radical (unpaired) electrons. The molecule has 1 saturated heterocycles. The Morgan fingerprint density at radius 2 is 2.42 bits per heavy atom. The number of carbonyl (C=O) groups is 1. The normalized spacial score (nSPS) is 22.9. The highest BCUT2D eigenvalue weighted by atomic mass is 16.5. The Labute approximate surface area is 114 Å². The Morgan fingerprint density at radius 3 is 3.11 bits per heavy atom. The molecule has 1 aliphatic heterocycles. The van der Waals surface area contributed by atoms with Crippen LogP contribution in [0.25, 0.3) is 0 Å². The zero-order valence-electron chi connectivity index (χ0n) is 11.9. The van der Waals surface area contributed by atoms with E-state index in [2.05, 4.69) is 24.3 Å². The maximum atomic E-state index is 12.1. The van der Waals surface area contributed by atoms with Crippen molar-refractivity contribution >= 4 is 5.91 Å². The Hall–Kier alpha value is -1.36. The van der Waals surface area contributed by atoms with Crippen molar-refractivity contribution < 1.29 is 9.53 Å². The Bertz CT molecular complexity index is 428. The highest BCUT2D eigenvalue weighted by Gasteiger charge is 2.30. The molecule has 1 N–H and O–H groups in total. The van der Waals surface area contributed by atoms with Crippen molar-refractivity contribution in [1.29, 1.82) is 0 Å². The first-order valence-corrected chi connectivity index (χ1v) is 7.05. The van der Waals surface area contributed by atoms with Gasteiger partial charge in [-0.1, -0.05) is 13.8 Å². The molecule has 0 bridgehead atoms. The van der Waals surface area contributed by atoms with Crippen LogP contribution >= 0.6 is 0 Å². The second-order valence-corrected chi connectivity index (χ2v) is 5.37. The van der Waals surface area contributed by atoms with Crippen LogP contribution in [-0.2, 0) is 11.3 Å². The molecule has 2 atom stereocenters. The van der Waals surface area contributed by atoms with Gasteiger partial charge in [-0.3, -0.25) is 9.48 Å². The number of amides is 1. The minimum Gasteiger partial charge on any atom is -0.378 e. The SMILES string of the molecule is CCn1nccc1C(=O)NC[C@H]1CCO[C@@H]1C(C)C. The second-order valence-electron chi connectivity index (χ2n) is 5.37. The Balaban J connectivity index is 1.90. The molecule has 5 heteroatoms. The number of aromatic nitrogens is 2. The van der Waals surface area contributed by atoms with Crippen LogP contribution in [0.1, 0.15) is 37.7 Å². The summed E-state index contributed by atoms with van der Waals surface area (Å²) in [6.07, 6.45) is 2.95. The van der Waals surface area contributed by atoms with Gasteiger partial charge in [0.25, 0.3) is 5.91 Å². The number of ether oxygens (including phenoxy) is 1. The van der Waals surface area contributed by atoms with E-state index in [4.69, 9.17) is 4.74 Å². The highest BCUT2D eigenvalue weighted by Crippen LogP contribution is 2.26. The topological polar surface area (TPSA) is 56.2 Å². The maximum Gasteiger partial charge on any atom is 0.269 e. The van der Waals surface area contributed by atoms with Crippen molar-refractivity contribution in [1.82, 2.24) is 15.1 Å². The lowest BCUT2D eigenvalue weighted by Crippen LogP contribution is -2.35. The predicted octanol–water partition coefficient (Wildman–Crippen LogP) is 1.69. The van der Waals surface area contributed by atoms with Gasteiger partial charge in [-0.05, 0) is 25.3 Å². The Kier molecular flexibility index (Phi) is 4.58. The van der Waals surface area contributed by atoms with Crippen molar-refractivity contribution in [2.75, 3.05) is 13.2 Å². The average Bonchev–Trinajstić information content (AvgIpc) is 3.04. The van der Waals surface area contributed by atoms with Gasteiger partial charge in [0.15, 0.2) is 0 Å². The van der Waals surface area contributed by atoms with Gasteiger partial charge in [-0.25, -0.2) is 0 Å². The van der Waals surface area contributed by atoms with Gasteiger partial charge in [0.1, 0.15) is 5.69 Å². The Morgan fingerprint density at radius 1 is 1.63 bits per heavy atom. The number of aryl methyl sites for hydroxylation is 1. The quantitative estimate of drug-likeness (QED) is 0.881. The number of carbonyl (C=O) groups excluding carboxylic acids is 1. The van der Waals surface area contributed by atoms with E-state index >= 15 is 0 Å². The number of nitrogens with zero attached hydrogens (tertiary/aromatic N) is 2. The third kappa shape index (κ3) is 3.15. The van der Waals surface area contributed by atoms with Crippen LogP contribution in [0, 0.1) is 11.8 Å². The lowest BCUT2D eigenvalue weighted by Gasteiger charge is -2.22. The van der Waals surface area contributed by atoms with Crippen molar-refractivity contribution in [2.45, 2.75) is 39.8 Å². The average molecular weight is 265 g/mol. The summed E-state index contributed by atoms with van der Waals surface area (Å²) in [5, 5.41) is 7.12. The third-order valence-electron chi connectivity index (χ3n) is 3.69. The molecule has 0 aromatic carbocycles. The summed E-state index contributed by atoms with van der Waals surface area (Å²) in [6.45, 7) is 8.49. The fourth-order valence-corrected chi connectivity index (χ4v) is 2.70. The molecule has 1 amide bonds. The van der Waals surface area contributed by atoms with Gasteiger partial charge in [-0.15, -0.1) is 0 Å². The molecule has 1 aromatic heterocycles. The minimum atomic E-state index is -0.0474. The first-order chi connectivity index (χ1) is 9.13. The van der Waals surface area contributed by atoms with Crippen LogP contribution in [0.4, 0.5) is 0 Å². The maximum absolute atomic E-state index is 12.1. The highest BCUT2D eigenvalue weighted by molar-refractivity contribution is 5.92. The molecule has 0 saturated carbocycles. The van der Waals surface area contributed by atoms with Gasteiger partial charge in [0.2, 0.25) is 0 Å². The summed E-state index contributed by atoms with van der Waals surface area (Å²) in [7, 11) is 0. The molecule has 2 heterocycles. The largest absolute Gasteiger partial charge is 0.378 e. The molecule has 5 nitrogen and oxygen atoms in total. The fraction of sp³-hybridized carbons (Fsp3) is 0.714. The summed E-state index contributed by atoms with van der Waals surface area (Å²) < 4.78 is 7.43. The van der Waals surface area contributed by atoms with Crippen LogP contribution in [0.5, 0.6) is 0 Å². The van der Waals surface area contributed by atoms with Crippen molar-refractivity contribution in [3.05, 3.63) is 18.0 Å². The number of hydrogen-bond acceptors (Lipinski definition) is 3. The first-order valence-electron chi connectivity index (χ1n) is 7.05. The van der Waals surface area contributed by atoms with E-state index in [1.165, 1.54) is 0 Å². The smallest absolute Gasteiger partial charge is 0.269 e. The van der Waals surface area contributed by atoms with Crippen LogP contribution in [-0.4, -0.2) is 34.9 Å². The first kappa shape index (κ1) is 14.1. The lowest BCUT2D eigenvalue weighted by molar-refractivity contribution is 0.0532. The van der Waals surface area contributed by atoms with Crippen molar-refractivity contribution in [3.8, 4) is 0 Å². The van der Waals surface area contributed by atoms with Gasteiger partial charge >= 0.3 is 0 Å². The fourth-order valence-electron chi connectivity index (χ4n) is 2.70. The van der Waals surface area contributed by atoms with E-state index in [1.807, 2.05) is 6.92 Å². The lowest BCUT2D eigenvalue weighted by atomic mass is 9.93. The summed E-state index contributed by atoms with van der Waals surface area (Å²) in [5.74, 6) is 0.862. The molecule has 1 fully saturated rings. The molecule has 0 spiro atoms. The summed E-state index contributed by atoms with van der Waals surface area (Å²) in [6, 6.07) is 1.75. The van der Waals surface area contributed by atoms with E-state index < -0.39 is 0 Å². The van der Waals surface area contributed by atoms with E-state index in [-0.39, 0.29) is 12.0 Å². The molecule has 0 aliphatic carbocycles. The van der Waals surface area contributed by atoms with E-state index in [0.29, 0.717) is 30.6 Å². The predicted molar refractivity (Wildman–Crippen MR) is 72.9 cm³/mol. The molecule has 19 heavy (non-hydrogen) atoms. The molecule has 1 aliphatic rings. The zero-order chi connectivity index (χ0) is 13.8. The van der Waals surface area contributed by atoms with E-state index in [1.54, 1.807) is 16.9 Å². The van der Waals surface area contributed by atoms with Crippen LogP contribution in [0.2, 0.25) is 0 Å². The van der Waals surface area contributed by atoms with Gasteiger partial charge < -0.3 is 10.1 Å². The number of hydrogen-bond donors (Lipinski definition) is 1. The van der Waals surface area contributed by atoms with Crippen molar-refractivity contribution in [3.63, 3.8) is 0 Å². The second kappa shape index (κ2) is 6.19. The van der Waals surface area contributed by atoms with E-state index in [9.17, 15) is 4.79 Å². The minimum absolute atomic E-state index is 0.0474. The molecule has 2 rings (SSSR count). The molecule has 106 valence electrons. The molecule has 0 unspecified atom stereocenters. The monoisotopic (exact) mass is 265 g/mol. The van der Waals surface area contributed by atoms with Gasteiger partial charge in [-0.2, -0.15) is 5.10 Å². The number of rotatable bonds is 5. The summed E-state index contributed by atoms with van der Waals surface area (Å²) in [5.41, 5.74) is 0.627. The van der Waals surface area contributed by atoms with Crippen LogP contribution in [0.15, 0.2) is 12.3 Å². The molecule has 1 aromatic rings.